The Kier molecular flexibility index (Phi) is 6.52. The summed E-state index contributed by atoms with van der Waals surface area (Å²) in [6.07, 6.45) is 4.63. The summed E-state index contributed by atoms with van der Waals surface area (Å²) < 4.78 is 11.5. The van der Waals surface area contributed by atoms with Crippen LogP contribution in [0, 0.1) is 0 Å². The Labute approximate surface area is 129 Å². The molecule has 1 aliphatic rings. The van der Waals surface area contributed by atoms with Gasteiger partial charge in [0.1, 0.15) is 5.75 Å². The van der Waals surface area contributed by atoms with Crippen molar-refractivity contribution < 1.29 is 9.47 Å². The van der Waals surface area contributed by atoms with Crippen LogP contribution in [0.1, 0.15) is 44.7 Å². The Morgan fingerprint density at radius 3 is 2.86 bits per heavy atom. The van der Waals surface area contributed by atoms with Crippen LogP contribution in [0.4, 0.5) is 0 Å². The molecule has 1 aliphatic heterocycles. The number of ether oxygens (including phenoxy) is 2. The molecule has 3 heteroatoms. The van der Waals surface area contributed by atoms with Gasteiger partial charge >= 0.3 is 0 Å². The molecule has 0 aliphatic carbocycles. The monoisotopic (exact) mass is 291 g/mol. The molecular formula is C18H29NO2. The summed E-state index contributed by atoms with van der Waals surface area (Å²) in [6, 6.07) is 7.08. The zero-order valence-electron chi connectivity index (χ0n) is 13.7. The van der Waals surface area contributed by atoms with Crippen molar-refractivity contribution >= 4 is 0 Å². The van der Waals surface area contributed by atoms with Gasteiger partial charge in [-0.05, 0) is 49.9 Å². The van der Waals surface area contributed by atoms with E-state index < -0.39 is 0 Å². The Morgan fingerprint density at radius 1 is 1.29 bits per heavy atom. The molecule has 21 heavy (non-hydrogen) atoms. The van der Waals surface area contributed by atoms with Gasteiger partial charge in [0.25, 0.3) is 0 Å². The van der Waals surface area contributed by atoms with Crippen LogP contribution in [-0.4, -0.2) is 31.9 Å². The fourth-order valence-corrected chi connectivity index (χ4v) is 3.13. The number of aryl methyl sites for hydroxylation is 1. The third kappa shape index (κ3) is 4.45. The van der Waals surface area contributed by atoms with Gasteiger partial charge in [-0.25, -0.2) is 0 Å². The van der Waals surface area contributed by atoms with E-state index in [1.807, 2.05) is 0 Å². The van der Waals surface area contributed by atoms with Crippen molar-refractivity contribution in [1.82, 2.24) is 5.32 Å². The van der Waals surface area contributed by atoms with E-state index in [-0.39, 0.29) is 0 Å². The van der Waals surface area contributed by atoms with Crippen molar-refractivity contribution in [3.63, 3.8) is 0 Å². The Hall–Kier alpha value is -1.06. The highest BCUT2D eigenvalue weighted by molar-refractivity contribution is 5.39. The first-order valence-electron chi connectivity index (χ1n) is 8.38. The average Bonchev–Trinajstić information content (AvgIpc) is 2.97. The maximum Gasteiger partial charge on any atom is 0.122 e. The van der Waals surface area contributed by atoms with Crippen molar-refractivity contribution in [2.24, 2.45) is 0 Å². The SMILES string of the molecule is CCNC(CCc1ccc2c(c1)CCO2)C(CC)OCC. The number of nitrogens with one attached hydrogen (secondary N) is 1. The van der Waals surface area contributed by atoms with Gasteiger partial charge in [0, 0.05) is 19.1 Å². The number of rotatable bonds is 9. The predicted molar refractivity (Wildman–Crippen MR) is 87.1 cm³/mol. The zero-order valence-corrected chi connectivity index (χ0v) is 13.7. The van der Waals surface area contributed by atoms with E-state index in [0.717, 1.165) is 51.2 Å². The van der Waals surface area contributed by atoms with Gasteiger partial charge in [-0.2, -0.15) is 0 Å². The summed E-state index contributed by atoms with van der Waals surface area (Å²) in [6.45, 7) is 9.06. The number of benzene rings is 1. The molecule has 0 radical (unpaired) electrons. The van der Waals surface area contributed by atoms with Crippen LogP contribution in [0.2, 0.25) is 0 Å². The maximum atomic E-state index is 5.89. The molecule has 0 aromatic heterocycles. The lowest BCUT2D eigenvalue weighted by molar-refractivity contribution is 0.0301. The molecule has 0 bridgehead atoms. The number of likely N-dealkylation sites (N-methyl/N-ethyl adjacent to an activating group) is 1. The first kappa shape index (κ1) is 16.3. The summed E-state index contributed by atoms with van der Waals surface area (Å²) in [7, 11) is 0. The third-order valence-electron chi connectivity index (χ3n) is 4.20. The van der Waals surface area contributed by atoms with Crippen LogP contribution in [0.3, 0.4) is 0 Å². The van der Waals surface area contributed by atoms with E-state index in [1.54, 1.807) is 0 Å². The van der Waals surface area contributed by atoms with Crippen molar-refractivity contribution in [2.45, 2.75) is 58.6 Å². The lowest BCUT2D eigenvalue weighted by Gasteiger charge is -2.27. The van der Waals surface area contributed by atoms with E-state index in [4.69, 9.17) is 9.47 Å². The highest BCUT2D eigenvalue weighted by Gasteiger charge is 2.19. The highest BCUT2D eigenvalue weighted by Crippen LogP contribution is 2.26. The molecule has 0 amide bonds. The lowest BCUT2D eigenvalue weighted by Crippen LogP contribution is -2.41. The molecule has 3 nitrogen and oxygen atoms in total. The quantitative estimate of drug-likeness (QED) is 0.757. The van der Waals surface area contributed by atoms with E-state index >= 15 is 0 Å². The number of hydrogen-bond donors (Lipinski definition) is 1. The topological polar surface area (TPSA) is 30.5 Å². The molecule has 1 aromatic carbocycles. The molecule has 118 valence electrons. The largest absolute Gasteiger partial charge is 0.493 e. The number of fused-ring (bicyclic) bond motifs is 1. The lowest BCUT2D eigenvalue weighted by atomic mass is 9.98. The molecule has 2 atom stereocenters. The second kappa shape index (κ2) is 8.40. The fraction of sp³-hybridized carbons (Fsp3) is 0.667. The van der Waals surface area contributed by atoms with Gasteiger partial charge < -0.3 is 14.8 Å². The van der Waals surface area contributed by atoms with Gasteiger partial charge in [0.15, 0.2) is 0 Å². The second-order valence-electron chi connectivity index (χ2n) is 5.65. The molecule has 1 aromatic rings. The molecule has 0 saturated heterocycles. The Balaban J connectivity index is 1.94. The summed E-state index contributed by atoms with van der Waals surface area (Å²) in [5.74, 6) is 1.07. The van der Waals surface area contributed by atoms with Crippen molar-refractivity contribution in [3.8, 4) is 5.75 Å². The summed E-state index contributed by atoms with van der Waals surface area (Å²) in [5.41, 5.74) is 2.78. The van der Waals surface area contributed by atoms with Gasteiger partial charge in [0.05, 0.1) is 12.7 Å². The highest BCUT2D eigenvalue weighted by atomic mass is 16.5. The average molecular weight is 291 g/mol. The standard InChI is InChI=1S/C18H29NO2/c1-4-17(20-6-3)16(19-5-2)9-7-14-8-10-18-15(13-14)11-12-21-18/h8,10,13,16-17,19H,4-7,9,11-12H2,1-3H3. The van der Waals surface area contributed by atoms with Gasteiger partial charge in [-0.1, -0.05) is 26.0 Å². The third-order valence-corrected chi connectivity index (χ3v) is 4.20. The van der Waals surface area contributed by atoms with Gasteiger partial charge in [-0.15, -0.1) is 0 Å². The van der Waals surface area contributed by atoms with Crippen LogP contribution < -0.4 is 10.1 Å². The Bertz CT molecular complexity index is 433. The van der Waals surface area contributed by atoms with Crippen molar-refractivity contribution in [1.29, 1.82) is 0 Å². The van der Waals surface area contributed by atoms with Crippen molar-refractivity contribution in [2.75, 3.05) is 19.8 Å². The van der Waals surface area contributed by atoms with Crippen LogP contribution in [0.25, 0.3) is 0 Å². The minimum absolute atomic E-state index is 0.313. The van der Waals surface area contributed by atoms with E-state index in [1.165, 1.54) is 11.1 Å². The zero-order chi connectivity index (χ0) is 15.1. The van der Waals surface area contributed by atoms with E-state index in [2.05, 4.69) is 44.3 Å². The molecule has 1 N–H and O–H groups in total. The predicted octanol–water partition coefficient (Wildman–Crippen LogP) is 3.35. The molecule has 0 saturated carbocycles. The summed E-state index contributed by atoms with van der Waals surface area (Å²) in [4.78, 5) is 0. The fourth-order valence-electron chi connectivity index (χ4n) is 3.13. The van der Waals surface area contributed by atoms with Crippen LogP contribution in [0.5, 0.6) is 5.75 Å². The molecule has 1 heterocycles. The first-order chi connectivity index (χ1) is 10.3. The van der Waals surface area contributed by atoms with Crippen LogP contribution >= 0.6 is 0 Å². The summed E-state index contributed by atoms with van der Waals surface area (Å²) >= 11 is 0. The smallest absolute Gasteiger partial charge is 0.122 e. The maximum absolute atomic E-state index is 5.89. The van der Waals surface area contributed by atoms with Crippen molar-refractivity contribution in [3.05, 3.63) is 29.3 Å². The molecular weight excluding hydrogens is 262 g/mol. The van der Waals surface area contributed by atoms with E-state index in [9.17, 15) is 0 Å². The van der Waals surface area contributed by atoms with Gasteiger partial charge in [0.2, 0.25) is 0 Å². The molecule has 2 rings (SSSR count). The number of hydrogen-bond acceptors (Lipinski definition) is 3. The van der Waals surface area contributed by atoms with Crippen LogP contribution in [-0.2, 0) is 17.6 Å². The minimum Gasteiger partial charge on any atom is -0.493 e. The van der Waals surface area contributed by atoms with Gasteiger partial charge in [-0.3, -0.25) is 0 Å². The minimum atomic E-state index is 0.313. The molecule has 2 unspecified atom stereocenters. The van der Waals surface area contributed by atoms with Crippen LogP contribution in [0.15, 0.2) is 18.2 Å². The second-order valence-corrected chi connectivity index (χ2v) is 5.65. The molecule has 0 fully saturated rings. The molecule has 0 spiro atoms. The first-order valence-corrected chi connectivity index (χ1v) is 8.38. The Morgan fingerprint density at radius 2 is 2.14 bits per heavy atom. The van der Waals surface area contributed by atoms with E-state index in [0.29, 0.717) is 12.1 Å². The summed E-state index contributed by atoms with van der Waals surface area (Å²) in [5, 5.41) is 3.59. The normalized spacial score (nSPS) is 16.3.